The lowest BCUT2D eigenvalue weighted by Gasteiger charge is -2.17. The van der Waals surface area contributed by atoms with Crippen molar-refractivity contribution in [3.05, 3.63) is 44.4 Å². The average Bonchev–Trinajstić information content (AvgIpc) is 2.76. The zero-order valence-corrected chi connectivity index (χ0v) is 14.4. The summed E-state index contributed by atoms with van der Waals surface area (Å²) in [4.78, 5) is 5.75. The largest absolute Gasteiger partial charge is 0.486 e. The number of benzene rings is 1. The molecule has 3 nitrogen and oxygen atoms in total. The maximum absolute atomic E-state index is 6.11. The summed E-state index contributed by atoms with van der Waals surface area (Å²) >= 11 is 7.79. The van der Waals surface area contributed by atoms with Gasteiger partial charge in [-0.3, -0.25) is 0 Å². The second-order valence-corrected chi connectivity index (χ2v) is 6.72. The molecule has 0 aliphatic heterocycles. The number of aromatic nitrogens is 1. The molecule has 1 N–H and O–H groups in total. The van der Waals surface area contributed by atoms with E-state index in [9.17, 15) is 0 Å². The maximum atomic E-state index is 6.11. The highest BCUT2D eigenvalue weighted by Gasteiger charge is 2.13. The molecule has 2 rings (SSSR count). The molecule has 0 saturated carbocycles. The summed E-state index contributed by atoms with van der Waals surface area (Å²) in [5.41, 5.74) is 2.16. The third-order valence-electron chi connectivity index (χ3n) is 3.37. The van der Waals surface area contributed by atoms with Gasteiger partial charge in [0.25, 0.3) is 0 Å². The molecule has 0 spiro atoms. The van der Waals surface area contributed by atoms with Crippen molar-refractivity contribution in [3.63, 3.8) is 0 Å². The van der Waals surface area contributed by atoms with Crippen LogP contribution in [0.2, 0.25) is 5.02 Å². The van der Waals surface area contributed by atoms with Crippen LogP contribution in [0, 0.1) is 13.8 Å². The number of ether oxygens (including phenoxy) is 1. The van der Waals surface area contributed by atoms with Crippen LogP contribution in [-0.4, -0.2) is 11.5 Å². The van der Waals surface area contributed by atoms with Crippen molar-refractivity contribution in [2.24, 2.45) is 0 Å². The van der Waals surface area contributed by atoms with Crippen LogP contribution in [0.15, 0.2) is 18.2 Å². The SMILES string of the molecule is CCNC(C)c1cc(Cl)ccc1OCc1nc(C)c(C)s1. The van der Waals surface area contributed by atoms with Crippen molar-refractivity contribution in [2.75, 3.05) is 6.54 Å². The predicted molar refractivity (Wildman–Crippen MR) is 89.5 cm³/mol. The van der Waals surface area contributed by atoms with E-state index in [-0.39, 0.29) is 6.04 Å². The van der Waals surface area contributed by atoms with Crippen LogP contribution in [0.1, 0.15) is 41.0 Å². The summed E-state index contributed by atoms with van der Waals surface area (Å²) in [5.74, 6) is 0.860. The highest BCUT2D eigenvalue weighted by Crippen LogP contribution is 2.29. The number of nitrogens with zero attached hydrogens (tertiary/aromatic N) is 1. The van der Waals surface area contributed by atoms with Gasteiger partial charge in [-0.2, -0.15) is 0 Å². The Hall–Kier alpha value is -1.10. The van der Waals surface area contributed by atoms with Crippen molar-refractivity contribution in [3.8, 4) is 5.75 Å². The van der Waals surface area contributed by atoms with Crippen LogP contribution in [0.4, 0.5) is 0 Å². The average molecular weight is 325 g/mol. The third-order valence-corrected chi connectivity index (χ3v) is 4.65. The summed E-state index contributed by atoms with van der Waals surface area (Å²) in [7, 11) is 0. The second-order valence-electron chi connectivity index (χ2n) is 5.00. The number of nitrogens with one attached hydrogen (secondary N) is 1. The molecule has 0 saturated heterocycles. The molecular weight excluding hydrogens is 304 g/mol. The van der Waals surface area contributed by atoms with Gasteiger partial charge in [0.1, 0.15) is 17.4 Å². The molecular formula is C16H21ClN2OS. The molecule has 0 aliphatic carbocycles. The molecule has 2 aromatic rings. The van der Waals surface area contributed by atoms with Gasteiger partial charge in [-0.05, 0) is 45.5 Å². The number of rotatable bonds is 6. The van der Waals surface area contributed by atoms with Crippen LogP contribution < -0.4 is 10.1 Å². The van der Waals surface area contributed by atoms with Gasteiger partial charge in [-0.25, -0.2) is 4.98 Å². The van der Waals surface area contributed by atoms with E-state index in [0.717, 1.165) is 33.6 Å². The van der Waals surface area contributed by atoms with Crippen LogP contribution in [0.5, 0.6) is 5.75 Å². The van der Waals surface area contributed by atoms with E-state index in [1.165, 1.54) is 4.88 Å². The van der Waals surface area contributed by atoms with E-state index in [1.807, 2.05) is 25.1 Å². The van der Waals surface area contributed by atoms with Gasteiger partial charge in [0, 0.05) is 21.5 Å². The van der Waals surface area contributed by atoms with Crippen molar-refractivity contribution in [1.29, 1.82) is 0 Å². The van der Waals surface area contributed by atoms with Crippen molar-refractivity contribution in [1.82, 2.24) is 10.3 Å². The Kier molecular flexibility index (Phi) is 5.62. The summed E-state index contributed by atoms with van der Waals surface area (Å²) in [6, 6.07) is 5.95. The van der Waals surface area contributed by atoms with Crippen molar-refractivity contribution in [2.45, 2.75) is 40.3 Å². The molecule has 1 aromatic carbocycles. The Morgan fingerprint density at radius 3 is 2.76 bits per heavy atom. The Labute approximate surface area is 135 Å². The maximum Gasteiger partial charge on any atom is 0.140 e. The van der Waals surface area contributed by atoms with E-state index in [4.69, 9.17) is 16.3 Å². The molecule has 1 atom stereocenters. The lowest BCUT2D eigenvalue weighted by atomic mass is 10.1. The Morgan fingerprint density at radius 1 is 1.38 bits per heavy atom. The Bertz CT molecular complexity index is 593. The van der Waals surface area contributed by atoms with E-state index in [1.54, 1.807) is 11.3 Å². The van der Waals surface area contributed by atoms with Gasteiger partial charge in [0.15, 0.2) is 0 Å². The zero-order valence-electron chi connectivity index (χ0n) is 12.9. The Balaban J connectivity index is 2.15. The highest BCUT2D eigenvalue weighted by atomic mass is 35.5. The molecule has 0 amide bonds. The fraction of sp³-hybridized carbons (Fsp3) is 0.438. The van der Waals surface area contributed by atoms with Crippen LogP contribution >= 0.6 is 22.9 Å². The molecule has 21 heavy (non-hydrogen) atoms. The highest BCUT2D eigenvalue weighted by molar-refractivity contribution is 7.11. The summed E-state index contributed by atoms with van der Waals surface area (Å²) < 4.78 is 5.96. The van der Waals surface area contributed by atoms with E-state index in [2.05, 4.69) is 31.1 Å². The summed E-state index contributed by atoms with van der Waals surface area (Å²) in [5, 5.41) is 5.12. The monoisotopic (exact) mass is 324 g/mol. The van der Waals surface area contributed by atoms with Gasteiger partial charge in [-0.1, -0.05) is 18.5 Å². The van der Waals surface area contributed by atoms with E-state index < -0.39 is 0 Å². The summed E-state index contributed by atoms with van der Waals surface area (Å²) in [6.45, 7) is 9.70. The topological polar surface area (TPSA) is 34.1 Å². The van der Waals surface area contributed by atoms with Crippen molar-refractivity contribution < 1.29 is 4.74 Å². The first-order chi connectivity index (χ1) is 10.0. The fourth-order valence-corrected chi connectivity index (χ4v) is 3.17. The zero-order chi connectivity index (χ0) is 15.4. The fourth-order valence-electron chi connectivity index (χ4n) is 2.15. The quantitative estimate of drug-likeness (QED) is 0.839. The van der Waals surface area contributed by atoms with Crippen LogP contribution in [0.25, 0.3) is 0 Å². The Morgan fingerprint density at radius 2 is 2.14 bits per heavy atom. The first-order valence-corrected chi connectivity index (χ1v) is 8.29. The van der Waals surface area contributed by atoms with E-state index >= 15 is 0 Å². The third kappa shape index (κ3) is 4.19. The minimum atomic E-state index is 0.198. The molecule has 1 heterocycles. The molecule has 1 aromatic heterocycles. The first-order valence-electron chi connectivity index (χ1n) is 7.09. The van der Waals surface area contributed by atoms with Gasteiger partial charge in [0.05, 0.1) is 5.69 Å². The van der Waals surface area contributed by atoms with Gasteiger partial charge in [0.2, 0.25) is 0 Å². The molecule has 0 fully saturated rings. The number of aryl methyl sites for hydroxylation is 2. The molecule has 5 heteroatoms. The number of hydrogen-bond acceptors (Lipinski definition) is 4. The van der Waals surface area contributed by atoms with Gasteiger partial charge < -0.3 is 10.1 Å². The van der Waals surface area contributed by atoms with Crippen LogP contribution in [0.3, 0.4) is 0 Å². The van der Waals surface area contributed by atoms with Crippen molar-refractivity contribution >= 4 is 22.9 Å². The number of thiazole rings is 1. The lowest BCUT2D eigenvalue weighted by molar-refractivity contribution is 0.299. The molecule has 1 unspecified atom stereocenters. The molecule has 0 radical (unpaired) electrons. The first kappa shape index (κ1) is 16.3. The normalized spacial score (nSPS) is 12.4. The lowest BCUT2D eigenvalue weighted by Crippen LogP contribution is -2.18. The van der Waals surface area contributed by atoms with E-state index in [0.29, 0.717) is 6.61 Å². The predicted octanol–water partition coefficient (Wildman–Crippen LogP) is 4.66. The molecule has 0 bridgehead atoms. The minimum absolute atomic E-state index is 0.198. The number of hydrogen-bond donors (Lipinski definition) is 1. The number of halogens is 1. The smallest absolute Gasteiger partial charge is 0.140 e. The van der Waals surface area contributed by atoms with Gasteiger partial charge >= 0.3 is 0 Å². The summed E-state index contributed by atoms with van der Waals surface area (Å²) in [6.07, 6.45) is 0. The molecule has 114 valence electrons. The molecule has 0 aliphatic rings. The standard InChI is InChI=1S/C16H21ClN2OS/c1-5-18-11(3)14-8-13(17)6-7-15(14)20-9-16-19-10(2)12(4)21-16/h6-8,11,18H,5,9H2,1-4H3. The second kappa shape index (κ2) is 7.25. The van der Waals surface area contributed by atoms with Crippen LogP contribution in [-0.2, 0) is 6.61 Å². The van der Waals surface area contributed by atoms with Gasteiger partial charge in [-0.15, -0.1) is 11.3 Å². The minimum Gasteiger partial charge on any atom is -0.486 e.